The quantitative estimate of drug-likeness (QED) is 0.219. The van der Waals surface area contributed by atoms with Gasteiger partial charge in [-0.3, -0.25) is 4.79 Å². The van der Waals surface area contributed by atoms with E-state index < -0.39 is 5.91 Å². The molecule has 0 saturated heterocycles. The van der Waals surface area contributed by atoms with Crippen LogP contribution in [0.4, 0.5) is 0 Å². The lowest BCUT2D eigenvalue weighted by Gasteiger charge is -2.13. The predicted molar refractivity (Wildman–Crippen MR) is 146 cm³/mol. The number of rotatable bonds is 10. The zero-order valence-corrected chi connectivity index (χ0v) is 21.5. The third kappa shape index (κ3) is 6.05. The van der Waals surface area contributed by atoms with E-state index in [1.165, 1.54) is 6.08 Å². The van der Waals surface area contributed by atoms with Gasteiger partial charge in [0.25, 0.3) is 5.91 Å². The van der Waals surface area contributed by atoms with Gasteiger partial charge in [0.05, 0.1) is 21.3 Å². The molecule has 0 saturated carbocycles. The zero-order valence-electron chi connectivity index (χ0n) is 21.5. The molecule has 0 heterocycles. The number of methoxy groups -OCH3 is 3. The largest absolute Gasteiger partial charge is 0.497 e. The van der Waals surface area contributed by atoms with Gasteiger partial charge in [0.1, 0.15) is 29.7 Å². The van der Waals surface area contributed by atoms with E-state index in [-0.39, 0.29) is 12.1 Å². The van der Waals surface area contributed by atoms with Gasteiger partial charge >= 0.3 is 0 Å². The van der Waals surface area contributed by atoms with Crippen molar-refractivity contribution in [2.75, 3.05) is 21.3 Å². The van der Waals surface area contributed by atoms with Crippen LogP contribution < -0.4 is 24.3 Å². The molecule has 0 radical (unpaired) electrons. The fourth-order valence-corrected chi connectivity index (χ4v) is 4.05. The first-order valence-electron chi connectivity index (χ1n) is 11.9. The van der Waals surface area contributed by atoms with Gasteiger partial charge in [-0.25, -0.2) is 0 Å². The maximum Gasteiger partial charge on any atom is 0.262 e. The summed E-state index contributed by atoms with van der Waals surface area (Å²) in [4.78, 5) is 12.7. The van der Waals surface area contributed by atoms with Crippen LogP contribution in [0.2, 0.25) is 0 Å². The molecule has 4 rings (SSSR count). The highest BCUT2D eigenvalue weighted by Crippen LogP contribution is 2.31. The molecule has 7 nitrogen and oxygen atoms in total. The van der Waals surface area contributed by atoms with Gasteiger partial charge in [-0.1, -0.05) is 48.5 Å². The minimum Gasteiger partial charge on any atom is -0.497 e. The highest BCUT2D eigenvalue weighted by atomic mass is 16.5. The molecule has 7 heteroatoms. The fraction of sp³-hybridized carbons (Fsp3) is 0.161. The van der Waals surface area contributed by atoms with Gasteiger partial charge < -0.3 is 24.3 Å². The number of nitrogens with one attached hydrogen (secondary N) is 1. The smallest absolute Gasteiger partial charge is 0.262 e. The third-order valence-corrected chi connectivity index (χ3v) is 6.06. The molecule has 0 aliphatic heterocycles. The Morgan fingerprint density at radius 3 is 2.39 bits per heavy atom. The minimum atomic E-state index is -0.499. The lowest BCUT2D eigenvalue weighted by molar-refractivity contribution is -0.117. The van der Waals surface area contributed by atoms with Gasteiger partial charge in [-0.05, 0) is 52.2 Å². The van der Waals surface area contributed by atoms with Gasteiger partial charge in [0, 0.05) is 18.2 Å². The number of ether oxygens (including phenoxy) is 4. The summed E-state index contributed by atoms with van der Waals surface area (Å²) < 4.78 is 22.2. The van der Waals surface area contributed by atoms with E-state index in [4.69, 9.17) is 18.9 Å². The number of nitriles is 1. The van der Waals surface area contributed by atoms with Crippen molar-refractivity contribution < 1.29 is 23.7 Å². The highest BCUT2D eigenvalue weighted by Gasteiger charge is 2.13. The molecule has 38 heavy (non-hydrogen) atoms. The molecule has 0 aromatic heterocycles. The first-order chi connectivity index (χ1) is 18.6. The molecule has 0 spiro atoms. The van der Waals surface area contributed by atoms with E-state index >= 15 is 0 Å². The molecule has 0 fully saturated rings. The number of benzene rings is 4. The van der Waals surface area contributed by atoms with Crippen molar-refractivity contribution in [3.63, 3.8) is 0 Å². The standard InChI is InChI=1S/C31H28N2O5/c1-35-26-13-12-23(29(17-26)36-2)19-33-31(34)25(18-32)15-21-11-14-28(30(16-21)37-3)38-20-24-9-6-8-22-7-4-5-10-27(22)24/h4-17H,19-20H2,1-3H3,(H,33,34)/b25-15+. The van der Waals surface area contributed by atoms with Crippen molar-refractivity contribution in [2.45, 2.75) is 13.2 Å². The Kier molecular flexibility index (Phi) is 8.47. The van der Waals surface area contributed by atoms with Crippen LogP contribution in [-0.4, -0.2) is 27.2 Å². The average Bonchev–Trinajstić information content (AvgIpc) is 2.97. The van der Waals surface area contributed by atoms with E-state index in [9.17, 15) is 10.1 Å². The molecule has 0 bridgehead atoms. The van der Waals surface area contributed by atoms with Gasteiger partial charge in [-0.2, -0.15) is 5.26 Å². The molecule has 1 amide bonds. The van der Waals surface area contributed by atoms with Crippen LogP contribution in [0.1, 0.15) is 16.7 Å². The Balaban J connectivity index is 1.46. The topological polar surface area (TPSA) is 89.8 Å². The van der Waals surface area contributed by atoms with E-state index in [2.05, 4.69) is 23.5 Å². The molecule has 192 valence electrons. The second kappa shape index (κ2) is 12.3. The third-order valence-electron chi connectivity index (χ3n) is 6.06. The first kappa shape index (κ1) is 26.1. The molecule has 4 aromatic carbocycles. The number of carbonyl (C=O) groups excluding carboxylic acids is 1. The van der Waals surface area contributed by atoms with Crippen molar-refractivity contribution in [3.8, 4) is 29.1 Å². The van der Waals surface area contributed by atoms with Crippen LogP contribution in [0, 0.1) is 11.3 Å². The van der Waals surface area contributed by atoms with Crippen LogP contribution in [0.25, 0.3) is 16.8 Å². The molecular formula is C31H28N2O5. The lowest BCUT2D eigenvalue weighted by Crippen LogP contribution is -2.24. The Labute approximate surface area is 221 Å². The summed E-state index contributed by atoms with van der Waals surface area (Å²) in [5.41, 5.74) is 2.41. The zero-order chi connectivity index (χ0) is 26.9. The Morgan fingerprint density at radius 1 is 0.842 bits per heavy atom. The van der Waals surface area contributed by atoms with Crippen LogP contribution in [0.15, 0.2) is 84.4 Å². The van der Waals surface area contributed by atoms with E-state index in [0.717, 1.165) is 21.9 Å². The summed E-state index contributed by atoms with van der Waals surface area (Å²) in [6.07, 6.45) is 1.51. The Hall–Kier alpha value is -4.96. The lowest BCUT2D eigenvalue weighted by atomic mass is 10.1. The van der Waals surface area contributed by atoms with Crippen LogP contribution in [0.5, 0.6) is 23.0 Å². The maximum atomic E-state index is 12.7. The first-order valence-corrected chi connectivity index (χ1v) is 11.9. The Bertz CT molecular complexity index is 1520. The number of amides is 1. The van der Waals surface area contributed by atoms with Gasteiger partial charge in [0.15, 0.2) is 11.5 Å². The predicted octanol–water partition coefficient (Wildman–Crippen LogP) is 5.67. The molecule has 0 aliphatic carbocycles. The molecule has 1 N–H and O–H groups in total. The SMILES string of the molecule is COc1ccc(CNC(=O)/C(C#N)=C/c2ccc(OCc3cccc4ccccc34)c(OC)c2)c(OC)c1. The van der Waals surface area contributed by atoms with Gasteiger partial charge in [-0.15, -0.1) is 0 Å². The van der Waals surface area contributed by atoms with Gasteiger partial charge in [0.2, 0.25) is 0 Å². The molecule has 4 aromatic rings. The average molecular weight is 509 g/mol. The number of hydrogen-bond acceptors (Lipinski definition) is 6. The van der Waals surface area contributed by atoms with E-state index in [0.29, 0.717) is 35.2 Å². The summed E-state index contributed by atoms with van der Waals surface area (Å²) in [6, 6.07) is 26.8. The maximum absolute atomic E-state index is 12.7. The van der Waals surface area contributed by atoms with Crippen LogP contribution in [-0.2, 0) is 17.9 Å². The highest BCUT2D eigenvalue weighted by molar-refractivity contribution is 6.01. The fourth-order valence-electron chi connectivity index (χ4n) is 4.05. The second-order valence-corrected chi connectivity index (χ2v) is 8.37. The number of hydrogen-bond donors (Lipinski definition) is 1. The molecule has 0 atom stereocenters. The van der Waals surface area contributed by atoms with Crippen LogP contribution >= 0.6 is 0 Å². The number of nitrogens with zero attached hydrogens (tertiary/aromatic N) is 1. The molecular weight excluding hydrogens is 480 g/mol. The molecule has 0 unspecified atom stereocenters. The van der Waals surface area contributed by atoms with Crippen molar-refractivity contribution in [1.82, 2.24) is 5.32 Å². The normalized spacial score (nSPS) is 10.9. The van der Waals surface area contributed by atoms with E-state index in [1.807, 2.05) is 30.3 Å². The summed E-state index contributed by atoms with van der Waals surface area (Å²) in [5.74, 6) is 1.79. The second-order valence-electron chi connectivity index (χ2n) is 8.37. The van der Waals surface area contributed by atoms with Crippen molar-refractivity contribution in [1.29, 1.82) is 5.26 Å². The Morgan fingerprint density at radius 2 is 1.63 bits per heavy atom. The van der Waals surface area contributed by atoms with Crippen molar-refractivity contribution >= 4 is 22.8 Å². The number of carbonyl (C=O) groups is 1. The van der Waals surface area contributed by atoms with Crippen molar-refractivity contribution in [2.24, 2.45) is 0 Å². The summed E-state index contributed by atoms with van der Waals surface area (Å²) in [5, 5.41) is 14.7. The van der Waals surface area contributed by atoms with Crippen LogP contribution in [0.3, 0.4) is 0 Å². The monoisotopic (exact) mass is 508 g/mol. The molecule has 0 aliphatic rings. The summed E-state index contributed by atoms with van der Waals surface area (Å²) >= 11 is 0. The van der Waals surface area contributed by atoms with Crippen molar-refractivity contribution in [3.05, 3.63) is 101 Å². The summed E-state index contributed by atoms with van der Waals surface area (Å²) in [7, 11) is 4.66. The summed E-state index contributed by atoms with van der Waals surface area (Å²) in [6.45, 7) is 0.558. The van der Waals surface area contributed by atoms with E-state index in [1.54, 1.807) is 57.7 Å². The minimum absolute atomic E-state index is 0.0380. The number of fused-ring (bicyclic) bond motifs is 1.